The Morgan fingerprint density at radius 3 is 2.53 bits per heavy atom. The second kappa shape index (κ2) is 4.38. The van der Waals surface area contributed by atoms with Crippen molar-refractivity contribution >= 4 is 22.1 Å². The minimum Gasteiger partial charge on any atom is -0.383 e. The van der Waals surface area contributed by atoms with E-state index in [9.17, 15) is 0 Å². The molecule has 0 aliphatic carbocycles. The van der Waals surface area contributed by atoms with E-state index in [1.54, 1.807) is 17.5 Å². The summed E-state index contributed by atoms with van der Waals surface area (Å²) in [5.74, 6) is 1.25. The lowest BCUT2D eigenvalue weighted by molar-refractivity contribution is 0.867. The molecule has 3 nitrogen and oxygen atoms in total. The van der Waals surface area contributed by atoms with Gasteiger partial charge in [-0.3, -0.25) is 4.40 Å². The van der Waals surface area contributed by atoms with Crippen molar-refractivity contribution < 1.29 is 0 Å². The molecule has 4 heteroatoms. The lowest BCUT2D eigenvalue weighted by atomic mass is 10.0. The summed E-state index contributed by atoms with van der Waals surface area (Å²) in [5.41, 5.74) is 9.72. The molecule has 2 aromatic heterocycles. The number of thiazole rings is 1. The second-order valence-electron chi connectivity index (χ2n) is 5.08. The maximum atomic E-state index is 6.01. The molecule has 3 rings (SSSR count). The first-order chi connectivity index (χ1) is 9.08. The van der Waals surface area contributed by atoms with E-state index < -0.39 is 0 Å². The zero-order valence-electron chi connectivity index (χ0n) is 11.3. The van der Waals surface area contributed by atoms with Crippen molar-refractivity contribution in [3.63, 3.8) is 0 Å². The highest BCUT2D eigenvalue weighted by Crippen LogP contribution is 2.33. The Morgan fingerprint density at radius 2 is 1.89 bits per heavy atom. The topological polar surface area (TPSA) is 43.3 Å². The SMILES string of the molecule is Cc1sc2ncc(N)n2c1-c1ccc(C(C)C)cc1. The molecule has 0 fully saturated rings. The predicted molar refractivity (Wildman–Crippen MR) is 81.7 cm³/mol. The molecule has 2 N–H and O–H groups in total. The quantitative estimate of drug-likeness (QED) is 0.763. The van der Waals surface area contributed by atoms with Gasteiger partial charge in [0.25, 0.3) is 0 Å². The number of aromatic nitrogens is 2. The largest absolute Gasteiger partial charge is 0.383 e. The molecule has 0 atom stereocenters. The summed E-state index contributed by atoms with van der Waals surface area (Å²) < 4.78 is 2.03. The summed E-state index contributed by atoms with van der Waals surface area (Å²) in [5, 5.41) is 0. The minimum atomic E-state index is 0.552. The van der Waals surface area contributed by atoms with Crippen LogP contribution in [0.15, 0.2) is 30.5 Å². The Labute approximate surface area is 116 Å². The number of rotatable bonds is 2. The van der Waals surface area contributed by atoms with E-state index in [1.807, 2.05) is 4.40 Å². The average molecular weight is 271 g/mol. The number of benzene rings is 1. The highest BCUT2D eigenvalue weighted by molar-refractivity contribution is 7.17. The number of aryl methyl sites for hydroxylation is 1. The number of imidazole rings is 1. The van der Waals surface area contributed by atoms with Gasteiger partial charge in [-0.15, -0.1) is 11.3 Å². The Morgan fingerprint density at radius 1 is 1.21 bits per heavy atom. The molecule has 0 bridgehead atoms. The van der Waals surface area contributed by atoms with Gasteiger partial charge < -0.3 is 5.73 Å². The third-order valence-electron chi connectivity index (χ3n) is 3.41. The number of nitrogen functional groups attached to an aromatic ring is 1. The standard InChI is InChI=1S/C15H17N3S/c1-9(2)11-4-6-12(7-5-11)14-10(3)19-15-17-8-13(16)18(14)15/h4-9H,16H2,1-3H3. The number of fused-ring (bicyclic) bond motifs is 1. The maximum absolute atomic E-state index is 6.01. The second-order valence-corrected chi connectivity index (χ2v) is 6.27. The molecular formula is C15H17N3S. The molecule has 0 aliphatic rings. The van der Waals surface area contributed by atoms with Crippen LogP contribution in [0.3, 0.4) is 0 Å². The Bertz CT molecular complexity index is 720. The lowest BCUT2D eigenvalue weighted by Crippen LogP contribution is -1.94. The van der Waals surface area contributed by atoms with Crippen molar-refractivity contribution in [1.29, 1.82) is 0 Å². The molecule has 19 heavy (non-hydrogen) atoms. The summed E-state index contributed by atoms with van der Waals surface area (Å²) in [4.78, 5) is 6.53. The van der Waals surface area contributed by atoms with Gasteiger partial charge in [0.2, 0.25) is 0 Å². The summed E-state index contributed by atoms with van der Waals surface area (Å²) in [6.45, 7) is 6.53. The van der Waals surface area contributed by atoms with Crippen molar-refractivity contribution in [1.82, 2.24) is 9.38 Å². The van der Waals surface area contributed by atoms with E-state index >= 15 is 0 Å². The van der Waals surface area contributed by atoms with Crippen LogP contribution in [-0.2, 0) is 0 Å². The zero-order valence-corrected chi connectivity index (χ0v) is 12.2. The van der Waals surface area contributed by atoms with Gasteiger partial charge in [-0.2, -0.15) is 0 Å². The third kappa shape index (κ3) is 1.92. The Hall–Kier alpha value is -1.81. The lowest BCUT2D eigenvalue weighted by Gasteiger charge is -2.08. The summed E-state index contributed by atoms with van der Waals surface area (Å²) in [7, 11) is 0. The number of hydrogen-bond donors (Lipinski definition) is 1. The first kappa shape index (κ1) is 12.2. The van der Waals surface area contributed by atoms with E-state index in [0.29, 0.717) is 11.7 Å². The van der Waals surface area contributed by atoms with Crippen molar-refractivity contribution in [2.75, 3.05) is 5.73 Å². The number of anilines is 1. The Balaban J connectivity index is 2.18. The van der Waals surface area contributed by atoms with Crippen LogP contribution in [0, 0.1) is 6.92 Å². The molecule has 2 heterocycles. The fourth-order valence-electron chi connectivity index (χ4n) is 2.34. The van der Waals surface area contributed by atoms with Gasteiger partial charge in [0.15, 0.2) is 4.96 Å². The van der Waals surface area contributed by atoms with E-state index in [0.717, 1.165) is 10.7 Å². The van der Waals surface area contributed by atoms with Crippen LogP contribution in [0.1, 0.15) is 30.2 Å². The summed E-state index contributed by atoms with van der Waals surface area (Å²) in [6, 6.07) is 8.72. The van der Waals surface area contributed by atoms with Gasteiger partial charge in [-0.05, 0) is 24.0 Å². The fourth-order valence-corrected chi connectivity index (χ4v) is 3.32. The van der Waals surface area contributed by atoms with Crippen LogP contribution < -0.4 is 5.73 Å². The van der Waals surface area contributed by atoms with Crippen LogP contribution in [0.2, 0.25) is 0 Å². The first-order valence-corrected chi connectivity index (χ1v) is 7.22. The van der Waals surface area contributed by atoms with Crippen molar-refractivity contribution in [2.45, 2.75) is 26.7 Å². The first-order valence-electron chi connectivity index (χ1n) is 6.40. The molecule has 0 saturated carbocycles. The molecule has 0 spiro atoms. The molecule has 1 aromatic carbocycles. The van der Waals surface area contributed by atoms with E-state index in [4.69, 9.17) is 5.73 Å². The van der Waals surface area contributed by atoms with E-state index in [-0.39, 0.29) is 0 Å². The molecule has 0 saturated heterocycles. The average Bonchev–Trinajstić information content (AvgIpc) is 2.89. The zero-order chi connectivity index (χ0) is 13.6. The number of nitrogens with two attached hydrogens (primary N) is 1. The normalized spacial score (nSPS) is 11.6. The van der Waals surface area contributed by atoms with Crippen LogP contribution in [0.5, 0.6) is 0 Å². The molecule has 0 radical (unpaired) electrons. The van der Waals surface area contributed by atoms with Gasteiger partial charge >= 0.3 is 0 Å². The van der Waals surface area contributed by atoms with Crippen LogP contribution in [-0.4, -0.2) is 9.38 Å². The van der Waals surface area contributed by atoms with Crippen molar-refractivity contribution in [3.8, 4) is 11.3 Å². The fraction of sp³-hybridized carbons (Fsp3) is 0.267. The van der Waals surface area contributed by atoms with Crippen LogP contribution >= 0.6 is 11.3 Å². The van der Waals surface area contributed by atoms with Gasteiger partial charge in [0.05, 0.1) is 11.9 Å². The number of hydrogen-bond acceptors (Lipinski definition) is 3. The molecule has 0 aliphatic heterocycles. The van der Waals surface area contributed by atoms with E-state index in [2.05, 4.69) is 50.0 Å². The molecular weight excluding hydrogens is 254 g/mol. The van der Waals surface area contributed by atoms with Gasteiger partial charge in [0, 0.05) is 4.88 Å². The number of nitrogens with zero attached hydrogens (tertiary/aromatic N) is 2. The molecule has 3 aromatic rings. The van der Waals surface area contributed by atoms with Gasteiger partial charge in [-0.1, -0.05) is 38.1 Å². The Kier molecular flexibility index (Phi) is 2.82. The van der Waals surface area contributed by atoms with Crippen molar-refractivity contribution in [2.24, 2.45) is 0 Å². The van der Waals surface area contributed by atoms with Gasteiger partial charge in [0.1, 0.15) is 5.82 Å². The predicted octanol–water partition coefficient (Wildman–Crippen LogP) is 4.08. The smallest absolute Gasteiger partial charge is 0.196 e. The molecule has 98 valence electrons. The monoisotopic (exact) mass is 271 g/mol. The van der Waals surface area contributed by atoms with Crippen LogP contribution in [0.4, 0.5) is 5.82 Å². The summed E-state index contributed by atoms with van der Waals surface area (Å²) >= 11 is 1.68. The van der Waals surface area contributed by atoms with Crippen LogP contribution in [0.25, 0.3) is 16.2 Å². The summed E-state index contributed by atoms with van der Waals surface area (Å²) in [6.07, 6.45) is 1.72. The highest BCUT2D eigenvalue weighted by atomic mass is 32.1. The maximum Gasteiger partial charge on any atom is 0.196 e. The molecule has 0 amide bonds. The van der Waals surface area contributed by atoms with Crippen molar-refractivity contribution in [3.05, 3.63) is 40.9 Å². The van der Waals surface area contributed by atoms with E-state index in [1.165, 1.54) is 16.0 Å². The third-order valence-corrected chi connectivity index (χ3v) is 4.38. The molecule has 0 unspecified atom stereocenters. The highest BCUT2D eigenvalue weighted by Gasteiger charge is 2.14. The minimum absolute atomic E-state index is 0.552. The van der Waals surface area contributed by atoms with Gasteiger partial charge in [-0.25, -0.2) is 4.98 Å².